The maximum Gasteiger partial charge on any atom is 0.310 e. The summed E-state index contributed by atoms with van der Waals surface area (Å²) in [5, 5.41) is 12.3. The van der Waals surface area contributed by atoms with Gasteiger partial charge in [0.15, 0.2) is 0 Å². The first-order valence-corrected chi connectivity index (χ1v) is 6.86. The summed E-state index contributed by atoms with van der Waals surface area (Å²) in [7, 11) is 0. The fraction of sp³-hybridized carbons (Fsp3) is 0.929. The van der Waals surface area contributed by atoms with E-state index in [1.807, 2.05) is 0 Å². The molecular weight excluding hydrogens is 214 g/mol. The summed E-state index contributed by atoms with van der Waals surface area (Å²) in [5.74, 6) is 1.04. The van der Waals surface area contributed by atoms with Gasteiger partial charge < -0.3 is 10.4 Å². The van der Waals surface area contributed by atoms with Crippen LogP contribution in [-0.4, -0.2) is 24.2 Å². The Morgan fingerprint density at radius 2 is 1.88 bits per heavy atom. The van der Waals surface area contributed by atoms with Gasteiger partial charge in [-0.25, -0.2) is 0 Å². The Balaban J connectivity index is 2.10. The van der Waals surface area contributed by atoms with E-state index >= 15 is 0 Å². The number of nitrogens with one attached hydrogen (secondary N) is 1. The Morgan fingerprint density at radius 1 is 1.29 bits per heavy atom. The number of hydrogen-bond acceptors (Lipinski definition) is 2. The third-order valence-electron chi connectivity index (χ3n) is 4.01. The van der Waals surface area contributed by atoms with Gasteiger partial charge in [-0.05, 0) is 38.6 Å². The second-order valence-electron chi connectivity index (χ2n) is 6.28. The normalized spacial score (nSPS) is 25.8. The lowest BCUT2D eigenvalue weighted by Gasteiger charge is -2.26. The molecule has 1 rings (SSSR count). The van der Waals surface area contributed by atoms with Crippen molar-refractivity contribution in [2.75, 3.05) is 13.1 Å². The number of carboxylic acids is 1. The van der Waals surface area contributed by atoms with Crippen molar-refractivity contribution >= 4 is 5.97 Å². The first-order valence-electron chi connectivity index (χ1n) is 6.86. The van der Waals surface area contributed by atoms with E-state index in [0.29, 0.717) is 6.54 Å². The molecule has 0 aliphatic heterocycles. The zero-order chi connectivity index (χ0) is 12.9. The summed E-state index contributed by atoms with van der Waals surface area (Å²) in [6.07, 6.45) is 6.63. The topological polar surface area (TPSA) is 49.3 Å². The number of carbonyl (C=O) groups is 1. The summed E-state index contributed by atoms with van der Waals surface area (Å²) < 4.78 is 0. The van der Waals surface area contributed by atoms with E-state index in [1.165, 1.54) is 32.1 Å². The molecule has 0 heterocycles. The minimum atomic E-state index is -0.725. The van der Waals surface area contributed by atoms with Crippen LogP contribution in [0.25, 0.3) is 0 Å². The molecule has 0 bridgehead atoms. The molecule has 1 aliphatic rings. The molecular formula is C14H27NO2. The van der Waals surface area contributed by atoms with E-state index in [-0.39, 0.29) is 0 Å². The highest BCUT2D eigenvalue weighted by Gasteiger charge is 2.26. The van der Waals surface area contributed by atoms with Gasteiger partial charge in [-0.15, -0.1) is 0 Å². The maximum absolute atomic E-state index is 10.9. The standard InChI is InChI=1S/C14H27NO2/c1-11-4-6-12(7-5-11)8-9-15-10-14(2,3)13(16)17/h11-12,15H,4-10H2,1-3H3,(H,16,17). The quantitative estimate of drug-likeness (QED) is 0.703. The molecule has 1 saturated carbocycles. The number of rotatable bonds is 6. The van der Waals surface area contributed by atoms with Crippen LogP contribution in [0.1, 0.15) is 52.9 Å². The van der Waals surface area contributed by atoms with Crippen LogP contribution in [-0.2, 0) is 4.79 Å². The molecule has 0 aromatic carbocycles. The second kappa shape index (κ2) is 6.39. The van der Waals surface area contributed by atoms with Crippen LogP contribution < -0.4 is 5.32 Å². The Hall–Kier alpha value is -0.570. The van der Waals surface area contributed by atoms with Gasteiger partial charge in [0, 0.05) is 6.54 Å². The van der Waals surface area contributed by atoms with Crippen molar-refractivity contribution in [3.8, 4) is 0 Å². The summed E-state index contributed by atoms with van der Waals surface area (Å²) in [5.41, 5.74) is -0.652. The van der Waals surface area contributed by atoms with E-state index in [1.54, 1.807) is 13.8 Å². The van der Waals surface area contributed by atoms with Gasteiger partial charge in [0.05, 0.1) is 5.41 Å². The van der Waals surface area contributed by atoms with Crippen LogP contribution >= 0.6 is 0 Å². The first-order chi connectivity index (χ1) is 7.92. The molecule has 0 radical (unpaired) electrons. The molecule has 0 amide bonds. The molecule has 0 aromatic heterocycles. The number of hydrogen-bond donors (Lipinski definition) is 2. The summed E-state index contributed by atoms with van der Waals surface area (Å²) >= 11 is 0. The third kappa shape index (κ3) is 5.07. The van der Waals surface area contributed by atoms with Crippen LogP contribution in [0.15, 0.2) is 0 Å². The van der Waals surface area contributed by atoms with Gasteiger partial charge in [0.2, 0.25) is 0 Å². The minimum Gasteiger partial charge on any atom is -0.481 e. The van der Waals surface area contributed by atoms with Crippen molar-refractivity contribution < 1.29 is 9.90 Å². The molecule has 0 spiro atoms. The van der Waals surface area contributed by atoms with E-state index in [4.69, 9.17) is 5.11 Å². The molecule has 0 saturated heterocycles. The molecule has 3 nitrogen and oxygen atoms in total. The average molecular weight is 241 g/mol. The van der Waals surface area contributed by atoms with Crippen molar-refractivity contribution in [2.24, 2.45) is 17.3 Å². The van der Waals surface area contributed by atoms with Crippen molar-refractivity contribution in [2.45, 2.75) is 52.9 Å². The van der Waals surface area contributed by atoms with Crippen molar-refractivity contribution in [1.29, 1.82) is 0 Å². The molecule has 3 heteroatoms. The molecule has 100 valence electrons. The van der Waals surface area contributed by atoms with E-state index in [9.17, 15) is 4.79 Å². The van der Waals surface area contributed by atoms with Gasteiger partial charge in [0.25, 0.3) is 0 Å². The van der Waals surface area contributed by atoms with Gasteiger partial charge in [0.1, 0.15) is 0 Å². The number of carboxylic acid groups (broad SMARTS) is 1. The maximum atomic E-state index is 10.9. The molecule has 2 N–H and O–H groups in total. The number of aliphatic carboxylic acids is 1. The van der Waals surface area contributed by atoms with Crippen LogP contribution in [0.3, 0.4) is 0 Å². The smallest absolute Gasteiger partial charge is 0.310 e. The van der Waals surface area contributed by atoms with Crippen LogP contribution in [0.5, 0.6) is 0 Å². The zero-order valence-electron chi connectivity index (χ0n) is 11.5. The molecule has 0 aromatic rings. The molecule has 17 heavy (non-hydrogen) atoms. The van der Waals surface area contributed by atoms with Crippen LogP contribution in [0, 0.1) is 17.3 Å². The van der Waals surface area contributed by atoms with E-state index < -0.39 is 11.4 Å². The largest absolute Gasteiger partial charge is 0.481 e. The van der Waals surface area contributed by atoms with Crippen molar-refractivity contribution in [3.63, 3.8) is 0 Å². The highest BCUT2D eigenvalue weighted by atomic mass is 16.4. The zero-order valence-corrected chi connectivity index (χ0v) is 11.5. The van der Waals surface area contributed by atoms with Crippen LogP contribution in [0.2, 0.25) is 0 Å². The first kappa shape index (κ1) is 14.5. The highest BCUT2D eigenvalue weighted by molar-refractivity contribution is 5.73. The van der Waals surface area contributed by atoms with Gasteiger partial charge >= 0.3 is 5.97 Å². The monoisotopic (exact) mass is 241 g/mol. The average Bonchev–Trinajstić information content (AvgIpc) is 2.26. The SMILES string of the molecule is CC1CCC(CCNCC(C)(C)C(=O)O)CC1. The predicted molar refractivity (Wildman–Crippen MR) is 70.0 cm³/mol. The Bertz CT molecular complexity index is 243. The summed E-state index contributed by atoms with van der Waals surface area (Å²) in [6.45, 7) is 7.39. The molecule has 0 unspecified atom stereocenters. The predicted octanol–water partition coefficient (Wildman–Crippen LogP) is 2.90. The van der Waals surface area contributed by atoms with Gasteiger partial charge in [-0.3, -0.25) is 4.79 Å². The Labute approximate surface area is 105 Å². The van der Waals surface area contributed by atoms with E-state index in [0.717, 1.165) is 18.4 Å². The minimum absolute atomic E-state index is 0.561. The highest BCUT2D eigenvalue weighted by Crippen LogP contribution is 2.29. The molecule has 1 fully saturated rings. The summed E-state index contributed by atoms with van der Waals surface area (Å²) in [4.78, 5) is 10.9. The lowest BCUT2D eigenvalue weighted by Crippen LogP contribution is -2.36. The second-order valence-corrected chi connectivity index (χ2v) is 6.28. The van der Waals surface area contributed by atoms with E-state index in [2.05, 4.69) is 12.2 Å². The van der Waals surface area contributed by atoms with Crippen LogP contribution in [0.4, 0.5) is 0 Å². The molecule has 0 atom stereocenters. The fourth-order valence-corrected chi connectivity index (χ4v) is 2.40. The lowest BCUT2D eigenvalue weighted by atomic mass is 9.81. The third-order valence-corrected chi connectivity index (χ3v) is 4.01. The lowest BCUT2D eigenvalue weighted by molar-refractivity contribution is -0.146. The Morgan fingerprint density at radius 3 is 2.41 bits per heavy atom. The van der Waals surface area contributed by atoms with Gasteiger partial charge in [-0.2, -0.15) is 0 Å². The Kier molecular flexibility index (Phi) is 5.44. The van der Waals surface area contributed by atoms with Crippen molar-refractivity contribution in [1.82, 2.24) is 5.32 Å². The van der Waals surface area contributed by atoms with Gasteiger partial charge in [-0.1, -0.05) is 32.6 Å². The summed E-state index contributed by atoms with van der Waals surface area (Å²) in [6, 6.07) is 0. The van der Waals surface area contributed by atoms with Crippen molar-refractivity contribution in [3.05, 3.63) is 0 Å². The fourth-order valence-electron chi connectivity index (χ4n) is 2.40. The molecule has 1 aliphatic carbocycles.